The van der Waals surface area contributed by atoms with Gasteiger partial charge in [-0.25, -0.2) is 0 Å². The van der Waals surface area contributed by atoms with Crippen molar-refractivity contribution >= 4 is 5.78 Å². The third-order valence-electron chi connectivity index (χ3n) is 1.49. The number of rotatable bonds is 2. The quantitative estimate of drug-likeness (QED) is 0.602. The van der Waals surface area contributed by atoms with Crippen molar-refractivity contribution in [3.8, 4) is 12.1 Å². The van der Waals surface area contributed by atoms with Crippen molar-refractivity contribution in [2.24, 2.45) is 13.0 Å². The van der Waals surface area contributed by atoms with Gasteiger partial charge in [-0.1, -0.05) is 0 Å². The van der Waals surface area contributed by atoms with E-state index in [2.05, 4.69) is 5.10 Å². The molecule has 0 saturated heterocycles. The van der Waals surface area contributed by atoms with Crippen LogP contribution in [0.3, 0.4) is 0 Å². The molecule has 13 heavy (non-hydrogen) atoms. The molecule has 0 fully saturated rings. The van der Waals surface area contributed by atoms with Crippen LogP contribution in [0, 0.1) is 28.6 Å². The molecule has 0 aliphatic carbocycles. The van der Waals surface area contributed by atoms with Crippen molar-refractivity contribution in [2.75, 3.05) is 0 Å². The van der Waals surface area contributed by atoms with E-state index in [1.165, 1.54) is 10.7 Å². The minimum atomic E-state index is -1.25. The van der Waals surface area contributed by atoms with E-state index >= 15 is 0 Å². The summed E-state index contributed by atoms with van der Waals surface area (Å²) in [6.07, 6.45) is 1.58. The van der Waals surface area contributed by atoms with Crippen LogP contribution in [0.25, 0.3) is 0 Å². The summed E-state index contributed by atoms with van der Waals surface area (Å²) >= 11 is 0. The molecular weight excluding hydrogens is 168 g/mol. The second-order valence-electron chi connectivity index (χ2n) is 2.43. The van der Waals surface area contributed by atoms with Crippen molar-refractivity contribution in [3.63, 3.8) is 0 Å². The highest BCUT2D eigenvalue weighted by molar-refractivity contribution is 5.99. The predicted molar refractivity (Wildman–Crippen MR) is 42.3 cm³/mol. The van der Waals surface area contributed by atoms with Crippen molar-refractivity contribution < 1.29 is 4.79 Å². The summed E-state index contributed by atoms with van der Waals surface area (Å²) in [4.78, 5) is 11.3. The van der Waals surface area contributed by atoms with Gasteiger partial charge in [0.15, 0.2) is 5.92 Å². The number of aryl methyl sites for hydroxylation is 1. The van der Waals surface area contributed by atoms with Crippen LogP contribution in [0.15, 0.2) is 12.3 Å². The van der Waals surface area contributed by atoms with Crippen molar-refractivity contribution in [1.82, 2.24) is 9.78 Å². The van der Waals surface area contributed by atoms with Gasteiger partial charge in [0.25, 0.3) is 0 Å². The van der Waals surface area contributed by atoms with Gasteiger partial charge in [0.2, 0.25) is 5.78 Å². The van der Waals surface area contributed by atoms with Gasteiger partial charge in [-0.15, -0.1) is 0 Å². The van der Waals surface area contributed by atoms with E-state index in [0.29, 0.717) is 0 Å². The summed E-state index contributed by atoms with van der Waals surface area (Å²) in [6, 6.07) is 4.67. The Morgan fingerprint density at radius 3 is 2.62 bits per heavy atom. The molecule has 0 aliphatic heterocycles. The van der Waals surface area contributed by atoms with E-state index in [1.54, 1.807) is 25.4 Å². The smallest absolute Gasteiger partial charge is 0.214 e. The third-order valence-corrected chi connectivity index (χ3v) is 1.49. The second kappa shape index (κ2) is 3.51. The van der Waals surface area contributed by atoms with Crippen LogP contribution in [0.5, 0.6) is 0 Å². The number of Topliss-reactive ketones (excluding diaryl/α,β-unsaturated/α-hetero) is 1. The number of hydrogen-bond acceptors (Lipinski definition) is 4. The first kappa shape index (κ1) is 8.95. The molecule has 0 aliphatic rings. The molecule has 0 bridgehead atoms. The highest BCUT2D eigenvalue weighted by Gasteiger charge is 2.20. The van der Waals surface area contributed by atoms with Crippen molar-refractivity contribution in [2.45, 2.75) is 0 Å². The molecule has 0 saturated carbocycles. The molecular formula is C8H6N4O. The maximum atomic E-state index is 11.3. The highest BCUT2D eigenvalue weighted by Crippen LogP contribution is 2.04. The van der Waals surface area contributed by atoms with Crippen LogP contribution >= 0.6 is 0 Å². The zero-order chi connectivity index (χ0) is 9.84. The van der Waals surface area contributed by atoms with Gasteiger partial charge in [-0.3, -0.25) is 9.48 Å². The van der Waals surface area contributed by atoms with Gasteiger partial charge in [-0.2, -0.15) is 15.6 Å². The van der Waals surface area contributed by atoms with E-state index in [0.717, 1.165) is 0 Å². The molecule has 5 heteroatoms. The summed E-state index contributed by atoms with van der Waals surface area (Å²) in [5.74, 6) is -1.81. The zero-order valence-electron chi connectivity index (χ0n) is 6.93. The predicted octanol–water partition coefficient (Wildman–Crippen LogP) is 0.266. The minimum Gasteiger partial charge on any atom is -0.290 e. The largest absolute Gasteiger partial charge is 0.290 e. The fourth-order valence-electron chi connectivity index (χ4n) is 0.840. The first-order valence-corrected chi connectivity index (χ1v) is 3.52. The summed E-state index contributed by atoms with van der Waals surface area (Å²) in [5.41, 5.74) is 0.149. The maximum absolute atomic E-state index is 11.3. The third kappa shape index (κ3) is 1.71. The lowest BCUT2D eigenvalue weighted by Crippen LogP contribution is -2.11. The standard InChI is InChI=1S/C8H6N4O/c1-12-3-2-7(11-12)8(13)6(4-9)5-10/h2-3,6H,1H3. The van der Waals surface area contributed by atoms with Crippen LogP contribution < -0.4 is 0 Å². The number of aromatic nitrogens is 2. The number of nitriles is 2. The van der Waals surface area contributed by atoms with Gasteiger partial charge in [0.05, 0.1) is 12.1 Å². The van der Waals surface area contributed by atoms with Crippen LogP contribution in [0.2, 0.25) is 0 Å². The van der Waals surface area contributed by atoms with E-state index in [9.17, 15) is 4.79 Å². The molecule has 1 heterocycles. The van der Waals surface area contributed by atoms with Crippen molar-refractivity contribution in [1.29, 1.82) is 10.5 Å². The van der Waals surface area contributed by atoms with Crippen LogP contribution in [-0.2, 0) is 7.05 Å². The number of nitrogens with zero attached hydrogens (tertiary/aromatic N) is 4. The first-order valence-electron chi connectivity index (χ1n) is 3.52. The molecule has 1 rings (SSSR count). The molecule has 0 aromatic carbocycles. The van der Waals surface area contributed by atoms with Gasteiger partial charge in [0, 0.05) is 13.2 Å². The summed E-state index contributed by atoms with van der Waals surface area (Å²) in [7, 11) is 1.66. The van der Waals surface area contributed by atoms with E-state index in [4.69, 9.17) is 10.5 Å². The number of ketones is 1. The Morgan fingerprint density at radius 1 is 1.62 bits per heavy atom. The van der Waals surface area contributed by atoms with Crippen molar-refractivity contribution in [3.05, 3.63) is 18.0 Å². The average Bonchev–Trinajstić information content (AvgIpc) is 2.54. The number of carbonyl (C=O) groups excluding carboxylic acids is 1. The molecule has 64 valence electrons. The Labute approximate surface area is 74.8 Å². The van der Waals surface area contributed by atoms with Crippen LogP contribution in [-0.4, -0.2) is 15.6 Å². The Hall–Kier alpha value is -2.14. The molecule has 0 unspecified atom stereocenters. The Kier molecular flexibility index (Phi) is 2.41. The average molecular weight is 174 g/mol. The highest BCUT2D eigenvalue weighted by atomic mass is 16.1. The van der Waals surface area contributed by atoms with Gasteiger partial charge < -0.3 is 0 Å². The molecule has 1 aromatic rings. The molecule has 0 atom stereocenters. The van der Waals surface area contributed by atoms with E-state index < -0.39 is 11.7 Å². The molecule has 1 aromatic heterocycles. The molecule has 0 N–H and O–H groups in total. The molecule has 0 radical (unpaired) electrons. The van der Waals surface area contributed by atoms with Gasteiger partial charge in [-0.05, 0) is 6.07 Å². The van der Waals surface area contributed by atoms with E-state index in [-0.39, 0.29) is 5.69 Å². The second-order valence-corrected chi connectivity index (χ2v) is 2.43. The normalized spacial score (nSPS) is 9.23. The van der Waals surface area contributed by atoms with Crippen LogP contribution in [0.4, 0.5) is 0 Å². The summed E-state index contributed by atoms with van der Waals surface area (Å²) in [6.45, 7) is 0. The monoisotopic (exact) mass is 174 g/mol. The summed E-state index contributed by atoms with van der Waals surface area (Å²) < 4.78 is 1.44. The lowest BCUT2D eigenvalue weighted by molar-refractivity contribution is 0.0965. The lowest BCUT2D eigenvalue weighted by atomic mass is 10.1. The molecule has 5 nitrogen and oxygen atoms in total. The first-order chi connectivity index (χ1) is 6.19. The van der Waals surface area contributed by atoms with Crippen LogP contribution in [0.1, 0.15) is 10.5 Å². The fourth-order valence-corrected chi connectivity index (χ4v) is 0.840. The molecule has 0 spiro atoms. The number of hydrogen-bond donors (Lipinski definition) is 0. The minimum absolute atomic E-state index is 0.149. The van der Waals surface area contributed by atoms with Gasteiger partial charge >= 0.3 is 0 Å². The topological polar surface area (TPSA) is 82.5 Å². The fraction of sp³-hybridized carbons (Fsp3) is 0.250. The lowest BCUT2D eigenvalue weighted by Gasteiger charge is -1.93. The van der Waals surface area contributed by atoms with E-state index in [1.807, 2.05) is 0 Å². The SMILES string of the molecule is Cn1ccc(C(=O)C(C#N)C#N)n1. The maximum Gasteiger partial charge on any atom is 0.214 e. The molecule has 0 amide bonds. The Morgan fingerprint density at radius 2 is 2.23 bits per heavy atom. The Bertz CT molecular complexity index is 393. The van der Waals surface area contributed by atoms with Gasteiger partial charge in [0.1, 0.15) is 5.69 Å². The zero-order valence-corrected chi connectivity index (χ0v) is 6.93. The number of carbonyl (C=O) groups is 1. The summed E-state index contributed by atoms with van der Waals surface area (Å²) in [5, 5.41) is 20.7. The Balaban J connectivity index is 2.94.